The minimum absolute atomic E-state index is 0.00702. The van der Waals surface area contributed by atoms with Crippen LogP contribution in [0.25, 0.3) is 0 Å². The smallest absolute Gasteiger partial charge is 0.254 e. The van der Waals surface area contributed by atoms with Crippen LogP contribution >= 0.6 is 12.2 Å². The first-order valence-electron chi connectivity index (χ1n) is 8.67. The van der Waals surface area contributed by atoms with Crippen molar-refractivity contribution in [3.05, 3.63) is 41.2 Å². The van der Waals surface area contributed by atoms with Crippen molar-refractivity contribution in [1.29, 1.82) is 0 Å². The average molecular weight is 358 g/mol. The summed E-state index contributed by atoms with van der Waals surface area (Å²) >= 11 is 5.69. The van der Waals surface area contributed by atoms with Gasteiger partial charge in [-0.1, -0.05) is 12.1 Å². The Kier molecular flexibility index (Phi) is 4.03. The van der Waals surface area contributed by atoms with Crippen molar-refractivity contribution in [2.75, 3.05) is 20.2 Å². The van der Waals surface area contributed by atoms with Crippen LogP contribution in [0, 0.1) is 0 Å². The predicted octanol–water partition coefficient (Wildman–Crippen LogP) is 1.71. The molecule has 3 aliphatic heterocycles. The summed E-state index contributed by atoms with van der Waals surface area (Å²) in [6.45, 7) is 3.71. The van der Waals surface area contributed by atoms with Crippen LogP contribution in [0.15, 0.2) is 35.7 Å². The number of nitrogens with zero attached hydrogens (tertiary/aromatic N) is 2. The summed E-state index contributed by atoms with van der Waals surface area (Å²) in [5.74, 6) is 1.65. The minimum atomic E-state index is -0.276. The number of hydrogen-bond donors (Lipinski definition) is 2. The van der Waals surface area contributed by atoms with Gasteiger partial charge in [0.1, 0.15) is 17.7 Å². The lowest BCUT2D eigenvalue weighted by Gasteiger charge is -2.46. The molecule has 0 aliphatic carbocycles. The number of carbonyl (C=O) groups is 1. The fourth-order valence-corrected chi connectivity index (χ4v) is 4.34. The number of thiocarbonyl (C=S) groups is 1. The molecule has 3 heterocycles. The number of amides is 1. The average Bonchev–Trinajstić information content (AvgIpc) is 3.11. The van der Waals surface area contributed by atoms with E-state index in [9.17, 15) is 4.79 Å². The largest absolute Gasteiger partial charge is 0.497 e. The van der Waals surface area contributed by atoms with Crippen LogP contribution in [0.4, 0.5) is 0 Å². The van der Waals surface area contributed by atoms with E-state index in [2.05, 4.69) is 22.5 Å². The van der Waals surface area contributed by atoms with Gasteiger partial charge < -0.3 is 25.2 Å². The third kappa shape index (κ3) is 2.54. The predicted molar refractivity (Wildman–Crippen MR) is 98.7 cm³/mol. The zero-order chi connectivity index (χ0) is 17.6. The van der Waals surface area contributed by atoms with Gasteiger partial charge in [0.25, 0.3) is 5.91 Å². The topological polar surface area (TPSA) is 56.8 Å². The highest BCUT2D eigenvalue weighted by molar-refractivity contribution is 7.80. The van der Waals surface area contributed by atoms with Gasteiger partial charge in [-0.3, -0.25) is 4.79 Å². The molecule has 1 aromatic rings. The molecule has 0 radical (unpaired) electrons. The number of fused-ring (bicyclic) bond motifs is 2. The molecule has 1 fully saturated rings. The van der Waals surface area contributed by atoms with Crippen LogP contribution in [0.5, 0.6) is 5.75 Å². The number of hydrogen-bond acceptors (Lipinski definition) is 4. The number of nitrogens with one attached hydrogen (secondary N) is 2. The Balaban J connectivity index is 1.70. The molecule has 1 saturated heterocycles. The highest BCUT2D eigenvalue weighted by Gasteiger charge is 2.45. The Bertz CT molecular complexity index is 746. The number of rotatable bonds is 3. The van der Waals surface area contributed by atoms with Crippen LogP contribution in [0.3, 0.4) is 0 Å². The van der Waals surface area contributed by atoms with E-state index in [1.165, 1.54) is 0 Å². The molecule has 0 spiro atoms. The molecule has 0 bridgehead atoms. The summed E-state index contributed by atoms with van der Waals surface area (Å²) in [5, 5.41) is 7.42. The summed E-state index contributed by atoms with van der Waals surface area (Å²) in [5.41, 5.74) is 1.80. The molecule has 6 nitrogen and oxygen atoms in total. The molecular formula is C18H22N4O2S. The molecule has 4 rings (SSSR count). The van der Waals surface area contributed by atoms with Gasteiger partial charge >= 0.3 is 0 Å². The lowest BCUT2D eigenvalue weighted by atomic mass is 9.98. The van der Waals surface area contributed by atoms with E-state index >= 15 is 0 Å². The van der Waals surface area contributed by atoms with Crippen molar-refractivity contribution in [1.82, 2.24) is 20.4 Å². The number of ether oxygens (including phenoxy) is 1. The molecule has 132 valence electrons. The highest BCUT2D eigenvalue weighted by atomic mass is 32.1. The van der Waals surface area contributed by atoms with Gasteiger partial charge in [-0.15, -0.1) is 0 Å². The SMILES string of the molecule is CCN1C(=S)N2CCCC2C2=C1NC(c1ccc(OC)cc1)NC2=O. The first kappa shape index (κ1) is 16.2. The maximum Gasteiger partial charge on any atom is 0.254 e. The molecule has 2 atom stereocenters. The van der Waals surface area contributed by atoms with Crippen molar-refractivity contribution >= 4 is 23.2 Å². The maximum absolute atomic E-state index is 12.9. The number of benzene rings is 1. The van der Waals surface area contributed by atoms with Crippen molar-refractivity contribution in [3.8, 4) is 5.75 Å². The molecule has 1 amide bonds. The molecule has 1 aromatic carbocycles. The second-order valence-corrected chi connectivity index (χ2v) is 6.83. The van der Waals surface area contributed by atoms with E-state index in [0.717, 1.165) is 53.8 Å². The van der Waals surface area contributed by atoms with Gasteiger partial charge in [-0.25, -0.2) is 0 Å². The first-order valence-corrected chi connectivity index (χ1v) is 9.08. The normalized spacial score (nSPS) is 25.4. The number of methoxy groups -OCH3 is 1. The minimum Gasteiger partial charge on any atom is -0.497 e. The van der Waals surface area contributed by atoms with Gasteiger partial charge in [0.2, 0.25) is 0 Å². The standard InChI is InChI=1S/C18H22N4O2S/c1-3-21-16-14(13-5-4-10-22(13)18(21)25)17(23)20-15(19-16)11-6-8-12(24-2)9-7-11/h6-9,13,15,19H,3-5,10H2,1-2H3,(H,20,23). The Morgan fingerprint density at radius 3 is 2.72 bits per heavy atom. The van der Waals surface area contributed by atoms with E-state index < -0.39 is 0 Å². The summed E-state index contributed by atoms with van der Waals surface area (Å²) in [6, 6.07) is 7.81. The lowest BCUT2D eigenvalue weighted by Crippen LogP contribution is -2.60. The van der Waals surface area contributed by atoms with Crippen molar-refractivity contribution in [2.45, 2.75) is 32.0 Å². The Hall–Kier alpha value is -2.28. The monoisotopic (exact) mass is 358 g/mol. The van der Waals surface area contributed by atoms with Crippen LogP contribution in [-0.2, 0) is 4.79 Å². The zero-order valence-electron chi connectivity index (χ0n) is 14.4. The number of carbonyl (C=O) groups excluding carboxylic acids is 1. The second-order valence-electron chi connectivity index (χ2n) is 6.46. The fraction of sp³-hybridized carbons (Fsp3) is 0.444. The van der Waals surface area contributed by atoms with Gasteiger partial charge in [0, 0.05) is 13.1 Å². The van der Waals surface area contributed by atoms with Crippen LogP contribution in [0.2, 0.25) is 0 Å². The van der Waals surface area contributed by atoms with Gasteiger partial charge in [0.15, 0.2) is 5.11 Å². The molecule has 0 saturated carbocycles. The van der Waals surface area contributed by atoms with Crippen molar-refractivity contribution < 1.29 is 9.53 Å². The Morgan fingerprint density at radius 1 is 1.28 bits per heavy atom. The molecule has 2 N–H and O–H groups in total. The van der Waals surface area contributed by atoms with Crippen molar-refractivity contribution in [2.24, 2.45) is 0 Å². The van der Waals surface area contributed by atoms with Crippen molar-refractivity contribution in [3.63, 3.8) is 0 Å². The summed E-state index contributed by atoms with van der Waals surface area (Å²) in [4.78, 5) is 17.1. The van der Waals surface area contributed by atoms with E-state index in [-0.39, 0.29) is 18.1 Å². The fourth-order valence-electron chi connectivity index (χ4n) is 3.90. The summed E-state index contributed by atoms with van der Waals surface area (Å²) in [6.07, 6.45) is 1.76. The Morgan fingerprint density at radius 2 is 2.04 bits per heavy atom. The van der Waals surface area contributed by atoms with Crippen LogP contribution in [-0.4, -0.2) is 47.1 Å². The van der Waals surface area contributed by atoms with E-state index in [4.69, 9.17) is 17.0 Å². The third-order valence-electron chi connectivity index (χ3n) is 5.15. The van der Waals surface area contributed by atoms with E-state index in [0.29, 0.717) is 0 Å². The van der Waals surface area contributed by atoms with E-state index in [1.807, 2.05) is 29.2 Å². The first-order chi connectivity index (χ1) is 12.1. The molecule has 25 heavy (non-hydrogen) atoms. The molecule has 7 heteroatoms. The summed E-state index contributed by atoms with van der Waals surface area (Å²) < 4.78 is 5.21. The quantitative estimate of drug-likeness (QED) is 0.803. The summed E-state index contributed by atoms with van der Waals surface area (Å²) in [7, 11) is 1.64. The molecular weight excluding hydrogens is 336 g/mol. The second kappa shape index (κ2) is 6.22. The third-order valence-corrected chi connectivity index (χ3v) is 5.61. The molecule has 2 unspecified atom stereocenters. The van der Waals surface area contributed by atoms with Gasteiger partial charge in [0.05, 0.1) is 18.7 Å². The van der Waals surface area contributed by atoms with Crippen LogP contribution < -0.4 is 15.4 Å². The van der Waals surface area contributed by atoms with E-state index in [1.54, 1.807) is 7.11 Å². The molecule has 3 aliphatic rings. The molecule has 0 aromatic heterocycles. The Labute approximate surface area is 152 Å². The van der Waals surface area contributed by atoms with Gasteiger partial charge in [-0.05, 0) is 49.7 Å². The lowest BCUT2D eigenvalue weighted by molar-refractivity contribution is -0.120. The maximum atomic E-state index is 12.9. The zero-order valence-corrected chi connectivity index (χ0v) is 15.2. The van der Waals surface area contributed by atoms with Crippen LogP contribution in [0.1, 0.15) is 31.5 Å². The van der Waals surface area contributed by atoms with Gasteiger partial charge in [-0.2, -0.15) is 0 Å². The highest BCUT2D eigenvalue weighted by Crippen LogP contribution is 2.35.